The molecule has 0 saturated carbocycles. The van der Waals surface area contributed by atoms with Gasteiger partial charge >= 0.3 is 0 Å². The maximum Gasteiger partial charge on any atom is 0.117 e. The van der Waals surface area contributed by atoms with Crippen LogP contribution < -0.4 is 5.32 Å². The molecule has 0 aliphatic carbocycles. The first-order valence-corrected chi connectivity index (χ1v) is 7.88. The van der Waals surface area contributed by atoms with Crippen LogP contribution in [0.2, 0.25) is 5.02 Å². The molecule has 0 bridgehead atoms. The summed E-state index contributed by atoms with van der Waals surface area (Å²) in [5.41, 5.74) is 2.23. The number of hydrogen-bond acceptors (Lipinski definition) is 2. The smallest absolute Gasteiger partial charge is 0.117 e. The van der Waals surface area contributed by atoms with E-state index >= 15 is 0 Å². The lowest BCUT2D eigenvalue weighted by Crippen LogP contribution is -2.44. The van der Waals surface area contributed by atoms with Crippen molar-refractivity contribution in [2.45, 2.75) is 38.0 Å². The van der Waals surface area contributed by atoms with E-state index in [0.717, 1.165) is 29.1 Å². The van der Waals surface area contributed by atoms with Gasteiger partial charge in [-0.15, -0.1) is 0 Å². The van der Waals surface area contributed by atoms with Crippen LogP contribution in [0.1, 0.15) is 38.4 Å². The molecule has 0 spiro atoms. The Labute approximate surface area is 125 Å². The van der Waals surface area contributed by atoms with E-state index in [0.29, 0.717) is 0 Å². The van der Waals surface area contributed by atoms with Crippen LogP contribution in [0, 0.1) is 0 Å². The highest BCUT2D eigenvalue weighted by atomic mass is 35.5. The first-order chi connectivity index (χ1) is 9.68. The second-order valence-electron chi connectivity index (χ2n) is 5.91. The monoisotopic (exact) mass is 291 g/mol. The maximum absolute atomic E-state index is 6.36. The van der Waals surface area contributed by atoms with Crippen LogP contribution in [0.4, 0.5) is 0 Å². The molecule has 0 radical (unpaired) electrons. The summed E-state index contributed by atoms with van der Waals surface area (Å²) in [6.07, 6.45) is 4.78. The van der Waals surface area contributed by atoms with Crippen molar-refractivity contribution >= 4 is 22.6 Å². The average Bonchev–Trinajstić information content (AvgIpc) is 2.79. The van der Waals surface area contributed by atoms with Gasteiger partial charge in [-0.2, -0.15) is 0 Å². The van der Waals surface area contributed by atoms with Crippen LogP contribution in [0.3, 0.4) is 0 Å². The van der Waals surface area contributed by atoms with Gasteiger partial charge in [-0.25, -0.2) is 4.98 Å². The van der Waals surface area contributed by atoms with E-state index in [2.05, 4.69) is 29.9 Å². The van der Waals surface area contributed by atoms with E-state index in [1.807, 2.05) is 12.1 Å². The molecule has 3 rings (SSSR count). The van der Waals surface area contributed by atoms with Gasteiger partial charge in [-0.3, -0.25) is 0 Å². The molecule has 1 aliphatic rings. The lowest BCUT2D eigenvalue weighted by molar-refractivity contribution is 0.271. The second kappa shape index (κ2) is 5.38. The number of nitrogens with zero attached hydrogens (tertiary/aromatic N) is 2. The van der Waals surface area contributed by atoms with Crippen molar-refractivity contribution in [2.24, 2.45) is 7.05 Å². The molecule has 3 nitrogen and oxygen atoms in total. The van der Waals surface area contributed by atoms with Crippen molar-refractivity contribution in [3.8, 4) is 0 Å². The third kappa shape index (κ3) is 2.13. The largest absolute Gasteiger partial charge is 0.329 e. The van der Waals surface area contributed by atoms with E-state index in [4.69, 9.17) is 16.6 Å². The molecule has 1 aromatic heterocycles. The number of hydrogen-bond donors (Lipinski definition) is 1. The third-order valence-electron chi connectivity index (χ3n) is 4.52. The number of rotatable bonds is 3. The van der Waals surface area contributed by atoms with Gasteiger partial charge in [0.15, 0.2) is 0 Å². The number of imidazole rings is 1. The Morgan fingerprint density at radius 2 is 2.30 bits per heavy atom. The first kappa shape index (κ1) is 13.9. The maximum atomic E-state index is 6.36. The fourth-order valence-corrected chi connectivity index (χ4v) is 3.95. The summed E-state index contributed by atoms with van der Waals surface area (Å²) in [7, 11) is 2.10. The van der Waals surface area contributed by atoms with Crippen molar-refractivity contribution in [3.63, 3.8) is 0 Å². The third-order valence-corrected chi connectivity index (χ3v) is 4.83. The van der Waals surface area contributed by atoms with Gasteiger partial charge in [0.25, 0.3) is 0 Å². The number of aryl methyl sites for hydroxylation is 1. The van der Waals surface area contributed by atoms with Gasteiger partial charge < -0.3 is 9.88 Å². The standard InChI is InChI=1S/C16H22ClN3/c1-3-8-16(9-5-10-18-11-16)15-19-13-7-4-6-12(17)14(13)20(15)2/h4,6-7,18H,3,5,8-11H2,1-2H3. The van der Waals surface area contributed by atoms with Crippen LogP contribution in [-0.4, -0.2) is 22.6 Å². The molecule has 1 atom stereocenters. The molecule has 20 heavy (non-hydrogen) atoms. The van der Waals surface area contributed by atoms with E-state index in [1.165, 1.54) is 31.5 Å². The first-order valence-electron chi connectivity index (χ1n) is 7.50. The lowest BCUT2D eigenvalue weighted by Gasteiger charge is -2.37. The number of fused-ring (bicyclic) bond motifs is 1. The average molecular weight is 292 g/mol. The number of benzene rings is 1. The van der Waals surface area contributed by atoms with E-state index in [-0.39, 0.29) is 5.41 Å². The zero-order valence-corrected chi connectivity index (χ0v) is 13.0. The second-order valence-corrected chi connectivity index (χ2v) is 6.32. The molecule has 1 aliphatic heterocycles. The normalized spacial score (nSPS) is 23.4. The molecule has 4 heteroatoms. The number of nitrogens with one attached hydrogen (secondary N) is 1. The summed E-state index contributed by atoms with van der Waals surface area (Å²) in [4.78, 5) is 4.93. The summed E-state index contributed by atoms with van der Waals surface area (Å²) in [6, 6.07) is 5.98. The number of aromatic nitrogens is 2. The van der Waals surface area contributed by atoms with Crippen LogP contribution >= 0.6 is 11.6 Å². The molecule has 1 N–H and O–H groups in total. The van der Waals surface area contributed by atoms with Gasteiger partial charge in [0.05, 0.1) is 16.1 Å². The Bertz CT molecular complexity index is 606. The summed E-state index contributed by atoms with van der Waals surface area (Å²) in [5.74, 6) is 1.19. The highest BCUT2D eigenvalue weighted by Crippen LogP contribution is 2.37. The van der Waals surface area contributed by atoms with Crippen molar-refractivity contribution < 1.29 is 0 Å². The molecular weight excluding hydrogens is 270 g/mol. The number of piperidine rings is 1. The Balaban J connectivity index is 2.16. The van der Waals surface area contributed by atoms with Crippen molar-refractivity contribution in [1.29, 1.82) is 0 Å². The van der Waals surface area contributed by atoms with E-state index in [1.54, 1.807) is 0 Å². The lowest BCUT2D eigenvalue weighted by atomic mass is 9.76. The Hall–Kier alpha value is -1.06. The molecule has 1 fully saturated rings. The molecule has 1 saturated heterocycles. The molecule has 1 unspecified atom stereocenters. The molecule has 2 heterocycles. The molecule has 108 valence electrons. The number of halogens is 1. The Morgan fingerprint density at radius 1 is 1.45 bits per heavy atom. The SMILES string of the molecule is CCCC1(c2nc3cccc(Cl)c3n2C)CCCNC1. The van der Waals surface area contributed by atoms with Crippen molar-refractivity contribution in [3.05, 3.63) is 29.0 Å². The summed E-state index contributed by atoms with van der Waals surface area (Å²) < 4.78 is 2.21. The van der Waals surface area contributed by atoms with Crippen molar-refractivity contribution in [1.82, 2.24) is 14.9 Å². The predicted molar refractivity (Wildman–Crippen MR) is 84.4 cm³/mol. The highest BCUT2D eigenvalue weighted by Gasteiger charge is 2.37. The minimum Gasteiger partial charge on any atom is -0.329 e. The van der Waals surface area contributed by atoms with Crippen LogP contribution in [0.5, 0.6) is 0 Å². The quantitative estimate of drug-likeness (QED) is 0.935. The molecule has 0 amide bonds. The van der Waals surface area contributed by atoms with Crippen LogP contribution in [-0.2, 0) is 12.5 Å². The number of para-hydroxylation sites is 1. The van der Waals surface area contributed by atoms with Crippen LogP contribution in [0.25, 0.3) is 11.0 Å². The fraction of sp³-hybridized carbons (Fsp3) is 0.562. The molecular formula is C16H22ClN3. The predicted octanol–water partition coefficient (Wildman–Crippen LogP) is 3.65. The summed E-state index contributed by atoms with van der Waals surface area (Å²) >= 11 is 6.36. The van der Waals surface area contributed by atoms with Crippen molar-refractivity contribution in [2.75, 3.05) is 13.1 Å². The van der Waals surface area contributed by atoms with Gasteiger partial charge in [-0.1, -0.05) is 31.0 Å². The van der Waals surface area contributed by atoms with E-state index in [9.17, 15) is 0 Å². The topological polar surface area (TPSA) is 29.9 Å². The van der Waals surface area contributed by atoms with Crippen LogP contribution in [0.15, 0.2) is 18.2 Å². The molecule has 2 aromatic rings. The highest BCUT2D eigenvalue weighted by molar-refractivity contribution is 6.35. The Morgan fingerprint density at radius 3 is 2.95 bits per heavy atom. The van der Waals surface area contributed by atoms with Gasteiger partial charge in [0.1, 0.15) is 5.82 Å². The van der Waals surface area contributed by atoms with Gasteiger partial charge in [-0.05, 0) is 37.9 Å². The zero-order chi connectivity index (χ0) is 14.2. The molecule has 1 aromatic carbocycles. The zero-order valence-electron chi connectivity index (χ0n) is 12.2. The fourth-order valence-electron chi connectivity index (χ4n) is 3.66. The minimum atomic E-state index is 0.157. The Kier molecular flexibility index (Phi) is 3.74. The van der Waals surface area contributed by atoms with Gasteiger partial charge in [0.2, 0.25) is 0 Å². The minimum absolute atomic E-state index is 0.157. The van der Waals surface area contributed by atoms with Gasteiger partial charge in [0, 0.05) is 19.0 Å². The van der Waals surface area contributed by atoms with E-state index < -0.39 is 0 Å². The summed E-state index contributed by atoms with van der Waals surface area (Å²) in [6.45, 7) is 4.40. The summed E-state index contributed by atoms with van der Waals surface area (Å²) in [5, 5.41) is 4.35.